The molecule has 1 aliphatic heterocycles. The Morgan fingerprint density at radius 1 is 1.18 bits per heavy atom. The zero-order chi connectivity index (χ0) is 24.0. The van der Waals surface area contributed by atoms with Gasteiger partial charge in [0, 0.05) is 41.5 Å². The smallest absolute Gasteiger partial charge is 0.406 e. The fraction of sp³-hybridized carbons (Fsp3) is 0.417. The molecule has 6 nitrogen and oxygen atoms in total. The van der Waals surface area contributed by atoms with Crippen molar-refractivity contribution in [3.63, 3.8) is 0 Å². The number of nitrogens with zero attached hydrogens (tertiary/aromatic N) is 2. The number of aromatic nitrogens is 2. The number of nitrogens with one attached hydrogen (secondary N) is 1. The lowest BCUT2D eigenvalue weighted by molar-refractivity contribution is -0.274. The fourth-order valence-electron chi connectivity index (χ4n) is 5.24. The fourth-order valence-corrected chi connectivity index (χ4v) is 5.24. The van der Waals surface area contributed by atoms with Crippen molar-refractivity contribution >= 4 is 22.6 Å². The summed E-state index contributed by atoms with van der Waals surface area (Å²) in [5, 5.41) is 0.893. The summed E-state index contributed by atoms with van der Waals surface area (Å²) < 4.78 is 56.2. The molecule has 180 valence electrons. The van der Waals surface area contributed by atoms with Crippen LogP contribution < -0.4 is 10.5 Å². The van der Waals surface area contributed by atoms with Gasteiger partial charge in [-0.05, 0) is 62.1 Å². The van der Waals surface area contributed by atoms with Crippen molar-refractivity contribution in [2.45, 2.75) is 50.8 Å². The van der Waals surface area contributed by atoms with Gasteiger partial charge in [0.25, 0.3) is 5.91 Å². The van der Waals surface area contributed by atoms with Crippen molar-refractivity contribution in [2.75, 3.05) is 18.8 Å². The molecule has 1 fully saturated rings. The first kappa shape index (κ1) is 22.5. The number of hydrogen-bond acceptors (Lipinski definition) is 4. The molecule has 1 aliphatic carbocycles. The summed E-state index contributed by atoms with van der Waals surface area (Å²) >= 11 is 0. The predicted molar refractivity (Wildman–Crippen MR) is 118 cm³/mol. The number of carbonyl (C=O) groups excluding carboxylic acids is 1. The molecule has 3 heterocycles. The highest BCUT2D eigenvalue weighted by Crippen LogP contribution is 2.39. The van der Waals surface area contributed by atoms with Crippen LogP contribution in [-0.2, 0) is 12.8 Å². The number of benzene rings is 1. The summed E-state index contributed by atoms with van der Waals surface area (Å²) in [6.45, 7) is 0.777. The van der Waals surface area contributed by atoms with Crippen LogP contribution in [0.4, 0.5) is 23.2 Å². The zero-order valence-electron chi connectivity index (χ0n) is 18.3. The minimum atomic E-state index is -4.84. The quantitative estimate of drug-likeness (QED) is 0.408. The van der Waals surface area contributed by atoms with E-state index in [2.05, 4.69) is 14.7 Å². The number of rotatable bonds is 3. The van der Waals surface area contributed by atoms with Gasteiger partial charge in [0.05, 0.1) is 11.8 Å². The number of H-pyrrole nitrogens is 1. The van der Waals surface area contributed by atoms with Gasteiger partial charge in [-0.25, -0.2) is 9.37 Å². The van der Waals surface area contributed by atoms with E-state index in [0.29, 0.717) is 31.5 Å². The average Bonchev–Trinajstić information content (AvgIpc) is 3.17. The Bertz CT molecular complexity index is 1250. The molecule has 0 bridgehead atoms. The SMILES string of the molecule is Nc1cc(OC(F)(F)F)ccc1C(=O)N1CCC(c2c(F)cnc3[nH]c4c(c23)CCCC4)CC1. The van der Waals surface area contributed by atoms with Crippen molar-refractivity contribution in [1.82, 2.24) is 14.9 Å². The molecular formula is C24H24F4N4O2. The Balaban J connectivity index is 1.34. The highest BCUT2D eigenvalue weighted by atomic mass is 19.4. The number of fused-ring (bicyclic) bond motifs is 3. The Kier molecular flexibility index (Phi) is 5.61. The molecule has 0 spiro atoms. The molecule has 3 N–H and O–H groups in total. The van der Waals surface area contributed by atoms with E-state index >= 15 is 4.39 Å². The Morgan fingerprint density at radius 3 is 2.62 bits per heavy atom. The van der Waals surface area contributed by atoms with Crippen LogP contribution in [0.25, 0.3) is 11.0 Å². The molecule has 1 amide bonds. The number of ether oxygens (including phenoxy) is 1. The number of anilines is 1. The van der Waals surface area contributed by atoms with Crippen molar-refractivity contribution in [3.05, 3.63) is 52.6 Å². The molecule has 5 rings (SSSR count). The van der Waals surface area contributed by atoms with E-state index in [-0.39, 0.29) is 28.9 Å². The summed E-state index contributed by atoms with van der Waals surface area (Å²) in [5.41, 5.74) is 9.57. The lowest BCUT2D eigenvalue weighted by Crippen LogP contribution is -2.38. The third kappa shape index (κ3) is 4.17. The summed E-state index contributed by atoms with van der Waals surface area (Å²) in [7, 11) is 0. The molecule has 0 radical (unpaired) electrons. The van der Waals surface area contributed by atoms with E-state index in [1.807, 2.05) is 0 Å². The first-order valence-electron chi connectivity index (χ1n) is 11.3. The number of aromatic amines is 1. The molecule has 1 saturated heterocycles. The number of likely N-dealkylation sites (tertiary alicyclic amines) is 1. The van der Waals surface area contributed by atoms with Crippen LogP contribution in [0.1, 0.15) is 58.8 Å². The first-order valence-corrected chi connectivity index (χ1v) is 11.3. The number of aryl methyl sites for hydroxylation is 2. The maximum absolute atomic E-state index is 15.0. The summed E-state index contributed by atoms with van der Waals surface area (Å²) in [6, 6.07) is 3.30. The van der Waals surface area contributed by atoms with E-state index in [1.165, 1.54) is 12.3 Å². The molecule has 0 saturated carbocycles. The molecule has 10 heteroatoms. The second-order valence-electron chi connectivity index (χ2n) is 8.90. The number of amides is 1. The van der Waals surface area contributed by atoms with Crippen LogP contribution in [0.2, 0.25) is 0 Å². The van der Waals surface area contributed by atoms with Gasteiger partial charge in [0.15, 0.2) is 0 Å². The second-order valence-corrected chi connectivity index (χ2v) is 8.90. The number of pyridine rings is 1. The zero-order valence-corrected chi connectivity index (χ0v) is 18.3. The van der Waals surface area contributed by atoms with Crippen molar-refractivity contribution in [2.24, 2.45) is 0 Å². The molecule has 0 atom stereocenters. The number of nitrogen functional groups attached to an aromatic ring is 1. The summed E-state index contributed by atoms with van der Waals surface area (Å²) in [4.78, 5) is 22.2. The number of carbonyl (C=O) groups is 1. The van der Waals surface area contributed by atoms with E-state index in [1.54, 1.807) is 4.90 Å². The first-order chi connectivity index (χ1) is 16.2. The minimum Gasteiger partial charge on any atom is -0.406 e. The van der Waals surface area contributed by atoms with Crippen molar-refractivity contribution < 1.29 is 27.1 Å². The number of halogens is 4. The standard InChI is InChI=1S/C24H24F4N4O2/c25-17-12-30-22-21(16-3-1-2-4-19(16)31-22)20(17)13-7-9-32(10-8-13)23(33)15-6-5-14(11-18(15)29)34-24(26,27)28/h5-6,11-13H,1-4,7-10,29H2,(H,30,31). The molecule has 1 aromatic carbocycles. The Labute approximate surface area is 193 Å². The van der Waals surface area contributed by atoms with Crippen LogP contribution in [-0.4, -0.2) is 40.2 Å². The monoisotopic (exact) mass is 476 g/mol. The second kappa shape index (κ2) is 8.48. The van der Waals surface area contributed by atoms with E-state index in [4.69, 9.17) is 5.73 Å². The van der Waals surface area contributed by atoms with Crippen LogP contribution in [0.15, 0.2) is 24.4 Å². The molecule has 3 aromatic rings. The summed E-state index contributed by atoms with van der Waals surface area (Å²) in [5.74, 6) is -1.23. The lowest BCUT2D eigenvalue weighted by Gasteiger charge is -2.33. The highest BCUT2D eigenvalue weighted by Gasteiger charge is 2.33. The minimum absolute atomic E-state index is 0.0590. The number of nitrogens with two attached hydrogens (primary N) is 1. The van der Waals surface area contributed by atoms with Gasteiger partial charge >= 0.3 is 6.36 Å². The van der Waals surface area contributed by atoms with Crippen LogP contribution >= 0.6 is 0 Å². The van der Waals surface area contributed by atoms with Crippen molar-refractivity contribution in [3.8, 4) is 5.75 Å². The topological polar surface area (TPSA) is 84.2 Å². The van der Waals surface area contributed by atoms with Gasteiger partial charge < -0.3 is 20.4 Å². The lowest BCUT2D eigenvalue weighted by atomic mass is 9.85. The average molecular weight is 476 g/mol. The van der Waals surface area contributed by atoms with E-state index in [9.17, 15) is 18.0 Å². The van der Waals surface area contributed by atoms with Gasteiger partial charge in [-0.15, -0.1) is 13.2 Å². The van der Waals surface area contributed by atoms with Crippen LogP contribution in [0.5, 0.6) is 5.75 Å². The Hall–Kier alpha value is -3.30. The third-order valence-electron chi connectivity index (χ3n) is 6.79. The summed E-state index contributed by atoms with van der Waals surface area (Å²) in [6.07, 6.45) is 1.57. The molecular weight excluding hydrogens is 452 g/mol. The van der Waals surface area contributed by atoms with E-state index < -0.39 is 12.1 Å². The number of hydrogen-bond donors (Lipinski definition) is 2. The van der Waals surface area contributed by atoms with Gasteiger partial charge in [-0.1, -0.05) is 0 Å². The molecule has 0 unspecified atom stereocenters. The normalized spacial score (nSPS) is 17.1. The van der Waals surface area contributed by atoms with Crippen molar-refractivity contribution in [1.29, 1.82) is 0 Å². The van der Waals surface area contributed by atoms with Gasteiger partial charge in [0.2, 0.25) is 0 Å². The van der Waals surface area contributed by atoms with Gasteiger partial charge in [0.1, 0.15) is 17.2 Å². The largest absolute Gasteiger partial charge is 0.573 e. The maximum atomic E-state index is 15.0. The number of alkyl halides is 3. The van der Waals surface area contributed by atoms with Crippen LogP contribution in [0, 0.1) is 5.82 Å². The Morgan fingerprint density at radius 2 is 1.91 bits per heavy atom. The molecule has 2 aromatic heterocycles. The molecule has 34 heavy (non-hydrogen) atoms. The third-order valence-corrected chi connectivity index (χ3v) is 6.79. The molecule has 2 aliphatic rings. The van der Waals surface area contributed by atoms with Gasteiger partial charge in [-0.2, -0.15) is 0 Å². The van der Waals surface area contributed by atoms with Crippen LogP contribution in [0.3, 0.4) is 0 Å². The predicted octanol–water partition coefficient (Wildman–Crippen LogP) is 5.08. The number of piperidine rings is 1. The maximum Gasteiger partial charge on any atom is 0.573 e. The highest BCUT2D eigenvalue weighted by molar-refractivity contribution is 5.99. The van der Waals surface area contributed by atoms with E-state index in [0.717, 1.165) is 60.1 Å². The van der Waals surface area contributed by atoms with Gasteiger partial charge in [-0.3, -0.25) is 4.79 Å².